The summed E-state index contributed by atoms with van der Waals surface area (Å²) in [4.78, 5) is 11.9. The molecule has 1 aromatic rings. The van der Waals surface area contributed by atoms with Crippen LogP contribution in [0.25, 0.3) is 0 Å². The van der Waals surface area contributed by atoms with Gasteiger partial charge < -0.3 is 11.1 Å². The van der Waals surface area contributed by atoms with E-state index >= 15 is 0 Å². The molecular formula is C13H16BrF3N2O. The highest BCUT2D eigenvalue weighted by Gasteiger charge is 2.31. The molecule has 1 amide bonds. The molecule has 0 aliphatic carbocycles. The van der Waals surface area contributed by atoms with Gasteiger partial charge >= 0.3 is 6.18 Å². The van der Waals surface area contributed by atoms with Gasteiger partial charge in [-0.1, -0.05) is 36.2 Å². The second-order valence-electron chi connectivity index (χ2n) is 4.63. The van der Waals surface area contributed by atoms with Crippen LogP contribution in [0.4, 0.5) is 18.9 Å². The number of rotatable bonds is 4. The van der Waals surface area contributed by atoms with Crippen molar-refractivity contribution in [2.45, 2.75) is 32.5 Å². The van der Waals surface area contributed by atoms with Crippen LogP contribution in [0.2, 0.25) is 0 Å². The first-order chi connectivity index (χ1) is 9.15. The van der Waals surface area contributed by atoms with E-state index in [4.69, 9.17) is 5.73 Å². The predicted molar refractivity (Wildman–Crippen MR) is 75.2 cm³/mol. The monoisotopic (exact) mass is 352 g/mol. The number of halogens is 4. The Bertz CT molecular complexity index is 491. The number of alkyl halides is 3. The van der Waals surface area contributed by atoms with Crippen LogP contribution in [0.5, 0.6) is 0 Å². The molecule has 20 heavy (non-hydrogen) atoms. The molecular weight excluding hydrogens is 337 g/mol. The maximum atomic E-state index is 12.7. The van der Waals surface area contributed by atoms with Gasteiger partial charge in [0.05, 0.1) is 11.6 Å². The molecule has 3 N–H and O–H groups in total. The van der Waals surface area contributed by atoms with Crippen molar-refractivity contribution < 1.29 is 18.0 Å². The average molecular weight is 353 g/mol. The van der Waals surface area contributed by atoms with Crippen LogP contribution in [0.3, 0.4) is 0 Å². The Balaban J connectivity index is 2.93. The molecule has 3 nitrogen and oxygen atoms in total. The molecule has 2 atom stereocenters. The van der Waals surface area contributed by atoms with E-state index in [9.17, 15) is 18.0 Å². The lowest BCUT2D eigenvalue weighted by atomic mass is 9.99. The molecule has 0 bridgehead atoms. The van der Waals surface area contributed by atoms with Crippen molar-refractivity contribution in [3.8, 4) is 0 Å². The summed E-state index contributed by atoms with van der Waals surface area (Å²) in [5, 5.41) is 2.42. The Labute approximate surface area is 123 Å². The molecule has 0 aliphatic rings. The zero-order chi connectivity index (χ0) is 15.5. The summed E-state index contributed by atoms with van der Waals surface area (Å²) in [6.45, 7) is 3.70. The maximum Gasteiger partial charge on any atom is 0.416 e. The van der Waals surface area contributed by atoms with Gasteiger partial charge in [0.25, 0.3) is 0 Å². The summed E-state index contributed by atoms with van der Waals surface area (Å²) >= 11 is 2.99. The topological polar surface area (TPSA) is 55.1 Å². The van der Waals surface area contributed by atoms with Gasteiger partial charge in [-0.3, -0.25) is 4.79 Å². The normalized spacial score (nSPS) is 14.8. The van der Waals surface area contributed by atoms with E-state index in [-0.39, 0.29) is 16.1 Å². The van der Waals surface area contributed by atoms with Crippen LogP contribution in [-0.4, -0.2) is 11.9 Å². The number of carbonyl (C=O) groups excluding carboxylic acids is 1. The zero-order valence-electron chi connectivity index (χ0n) is 11.1. The van der Waals surface area contributed by atoms with Gasteiger partial charge in [-0.05, 0) is 24.1 Å². The van der Waals surface area contributed by atoms with E-state index in [1.54, 1.807) is 0 Å². The number of anilines is 1. The van der Waals surface area contributed by atoms with Crippen LogP contribution in [-0.2, 0) is 11.0 Å². The van der Waals surface area contributed by atoms with Crippen molar-refractivity contribution in [2.24, 2.45) is 11.7 Å². The minimum absolute atomic E-state index is 0.0516. The molecule has 112 valence electrons. The van der Waals surface area contributed by atoms with E-state index in [0.29, 0.717) is 6.42 Å². The van der Waals surface area contributed by atoms with Crippen LogP contribution in [0.1, 0.15) is 25.8 Å². The SMILES string of the molecule is CC[C@H](C)[C@H](N)C(=O)Nc1cc(Br)cc(C(F)(F)F)c1. The van der Waals surface area contributed by atoms with E-state index in [1.807, 2.05) is 13.8 Å². The highest BCUT2D eigenvalue weighted by molar-refractivity contribution is 9.10. The number of nitrogens with one attached hydrogen (secondary N) is 1. The van der Waals surface area contributed by atoms with Crippen molar-refractivity contribution in [3.05, 3.63) is 28.2 Å². The second kappa shape index (κ2) is 6.58. The van der Waals surface area contributed by atoms with E-state index in [0.717, 1.165) is 12.1 Å². The predicted octanol–water partition coefficient (Wildman–Crippen LogP) is 3.78. The van der Waals surface area contributed by atoms with Crippen LogP contribution < -0.4 is 11.1 Å². The maximum absolute atomic E-state index is 12.7. The average Bonchev–Trinajstić information content (AvgIpc) is 2.35. The first-order valence-corrected chi connectivity index (χ1v) is 6.88. The smallest absolute Gasteiger partial charge is 0.325 e. The van der Waals surface area contributed by atoms with Crippen molar-refractivity contribution in [3.63, 3.8) is 0 Å². The molecule has 0 saturated heterocycles. The lowest BCUT2D eigenvalue weighted by molar-refractivity contribution is -0.137. The summed E-state index contributed by atoms with van der Waals surface area (Å²) < 4.78 is 38.2. The molecule has 7 heteroatoms. The Hall–Kier alpha value is -1.08. The van der Waals surface area contributed by atoms with Gasteiger partial charge in [0.15, 0.2) is 0 Å². The Morgan fingerprint density at radius 1 is 1.40 bits per heavy atom. The molecule has 0 aromatic heterocycles. The summed E-state index contributed by atoms with van der Waals surface area (Å²) in [5.74, 6) is -0.546. The molecule has 0 aliphatic heterocycles. The fraction of sp³-hybridized carbons (Fsp3) is 0.462. The summed E-state index contributed by atoms with van der Waals surface area (Å²) in [6.07, 6.45) is -3.76. The third-order valence-corrected chi connectivity index (χ3v) is 3.51. The van der Waals surface area contributed by atoms with Crippen LogP contribution >= 0.6 is 15.9 Å². The number of carbonyl (C=O) groups is 1. The van der Waals surface area contributed by atoms with Crippen molar-refractivity contribution in [1.82, 2.24) is 0 Å². The highest BCUT2D eigenvalue weighted by atomic mass is 79.9. The van der Waals surface area contributed by atoms with Gasteiger partial charge in [0, 0.05) is 10.2 Å². The number of benzene rings is 1. The van der Waals surface area contributed by atoms with E-state index in [2.05, 4.69) is 21.2 Å². The lowest BCUT2D eigenvalue weighted by Gasteiger charge is -2.18. The molecule has 0 radical (unpaired) electrons. The first-order valence-electron chi connectivity index (χ1n) is 6.09. The number of nitrogens with two attached hydrogens (primary N) is 1. The van der Waals surface area contributed by atoms with Gasteiger partial charge in [0.1, 0.15) is 0 Å². The van der Waals surface area contributed by atoms with Gasteiger partial charge in [-0.25, -0.2) is 0 Å². The highest BCUT2D eigenvalue weighted by Crippen LogP contribution is 2.33. The molecule has 1 rings (SSSR count). The second-order valence-corrected chi connectivity index (χ2v) is 5.54. The third kappa shape index (κ3) is 4.49. The molecule has 0 unspecified atom stereocenters. The summed E-state index contributed by atoms with van der Waals surface area (Å²) in [7, 11) is 0. The Kier molecular flexibility index (Phi) is 5.59. The minimum Gasteiger partial charge on any atom is -0.325 e. The molecule has 0 spiro atoms. The molecule has 0 saturated carbocycles. The molecule has 0 fully saturated rings. The minimum atomic E-state index is -4.47. The van der Waals surface area contributed by atoms with Crippen molar-refractivity contribution in [1.29, 1.82) is 0 Å². The quantitative estimate of drug-likeness (QED) is 0.866. The van der Waals surface area contributed by atoms with Crippen molar-refractivity contribution in [2.75, 3.05) is 5.32 Å². The van der Waals surface area contributed by atoms with E-state index in [1.165, 1.54) is 6.07 Å². The Morgan fingerprint density at radius 2 is 2.00 bits per heavy atom. The molecule has 1 aromatic carbocycles. The van der Waals surface area contributed by atoms with Crippen LogP contribution in [0.15, 0.2) is 22.7 Å². The number of hydrogen-bond donors (Lipinski definition) is 2. The standard InChI is InChI=1S/C13H16BrF3N2O/c1-3-7(2)11(18)12(20)19-10-5-8(13(15,16)17)4-9(14)6-10/h4-7,11H,3,18H2,1-2H3,(H,19,20)/t7-,11-/m0/s1. The van der Waals surface area contributed by atoms with Gasteiger partial charge in [0.2, 0.25) is 5.91 Å². The van der Waals surface area contributed by atoms with Crippen LogP contribution in [0, 0.1) is 5.92 Å². The van der Waals surface area contributed by atoms with Gasteiger partial charge in [-0.2, -0.15) is 13.2 Å². The first kappa shape index (κ1) is 17.0. The van der Waals surface area contributed by atoms with E-state index < -0.39 is 23.7 Å². The summed E-state index contributed by atoms with van der Waals surface area (Å²) in [5.41, 5.74) is 4.97. The lowest BCUT2D eigenvalue weighted by Crippen LogP contribution is -2.40. The fourth-order valence-corrected chi connectivity index (χ4v) is 2.06. The number of amides is 1. The zero-order valence-corrected chi connectivity index (χ0v) is 12.7. The van der Waals surface area contributed by atoms with Crippen molar-refractivity contribution >= 4 is 27.5 Å². The molecule has 0 heterocycles. The van der Waals surface area contributed by atoms with Gasteiger partial charge in [-0.15, -0.1) is 0 Å². The summed E-state index contributed by atoms with van der Waals surface area (Å²) in [6, 6.07) is 2.47. The number of hydrogen-bond acceptors (Lipinski definition) is 2. The largest absolute Gasteiger partial charge is 0.416 e. The Morgan fingerprint density at radius 3 is 2.50 bits per heavy atom. The fourth-order valence-electron chi connectivity index (χ4n) is 1.56. The third-order valence-electron chi connectivity index (χ3n) is 3.05.